The molecular formula is C18H18F3N3O. The monoisotopic (exact) mass is 349 g/mol. The molecule has 25 heavy (non-hydrogen) atoms. The van der Waals surface area contributed by atoms with E-state index in [2.05, 4.69) is 5.10 Å². The van der Waals surface area contributed by atoms with Gasteiger partial charge in [-0.1, -0.05) is 12.1 Å². The van der Waals surface area contributed by atoms with E-state index in [1.54, 1.807) is 16.7 Å². The van der Waals surface area contributed by atoms with Gasteiger partial charge >= 0.3 is 5.69 Å². The van der Waals surface area contributed by atoms with E-state index in [-0.39, 0.29) is 17.5 Å². The van der Waals surface area contributed by atoms with Crippen molar-refractivity contribution in [2.45, 2.75) is 56.5 Å². The fourth-order valence-corrected chi connectivity index (χ4v) is 5.06. The third-order valence-electron chi connectivity index (χ3n) is 6.45. The molecule has 0 radical (unpaired) electrons. The fraction of sp³-hybridized carbons (Fsp3) is 0.556. The molecule has 0 spiro atoms. The summed E-state index contributed by atoms with van der Waals surface area (Å²) in [5.74, 6) is -2.38. The number of rotatable bonds is 3. The fourth-order valence-electron chi connectivity index (χ4n) is 5.06. The van der Waals surface area contributed by atoms with E-state index in [9.17, 15) is 18.0 Å². The summed E-state index contributed by atoms with van der Waals surface area (Å²) in [5.41, 5.74) is -1.01. The summed E-state index contributed by atoms with van der Waals surface area (Å²) in [6.07, 6.45) is 2.26. The summed E-state index contributed by atoms with van der Waals surface area (Å²) in [6, 6.07) is 6.02. The van der Waals surface area contributed by atoms with Gasteiger partial charge in [-0.15, -0.1) is 0 Å². The van der Waals surface area contributed by atoms with Gasteiger partial charge < -0.3 is 0 Å². The Labute approximate surface area is 142 Å². The number of hydrogen-bond acceptors (Lipinski definition) is 2. The summed E-state index contributed by atoms with van der Waals surface area (Å²) < 4.78 is 44.0. The van der Waals surface area contributed by atoms with Crippen LogP contribution in [0.25, 0.3) is 0 Å². The number of aromatic nitrogens is 3. The minimum absolute atomic E-state index is 0.235. The van der Waals surface area contributed by atoms with Crippen LogP contribution in [0.2, 0.25) is 0 Å². The molecule has 1 aliphatic heterocycles. The minimum Gasteiger partial charge on any atom is -0.271 e. The highest BCUT2D eigenvalue weighted by atomic mass is 19.3. The largest absolute Gasteiger partial charge is 0.347 e. The predicted molar refractivity (Wildman–Crippen MR) is 84.2 cm³/mol. The van der Waals surface area contributed by atoms with Gasteiger partial charge in [-0.2, -0.15) is 5.10 Å². The van der Waals surface area contributed by atoms with E-state index in [0.717, 1.165) is 12.5 Å². The van der Waals surface area contributed by atoms with E-state index in [0.29, 0.717) is 37.9 Å². The second kappa shape index (κ2) is 4.37. The highest BCUT2D eigenvalue weighted by Gasteiger charge is 2.77. The van der Waals surface area contributed by atoms with Crippen LogP contribution in [-0.4, -0.2) is 20.3 Å². The number of hydrogen-bond donors (Lipinski definition) is 0. The molecule has 3 saturated carbocycles. The minimum atomic E-state index is -2.72. The number of fused-ring (bicyclic) bond motifs is 1. The molecule has 3 fully saturated rings. The van der Waals surface area contributed by atoms with E-state index < -0.39 is 16.9 Å². The lowest BCUT2D eigenvalue weighted by Gasteiger charge is -2.71. The van der Waals surface area contributed by atoms with Gasteiger partial charge in [0.25, 0.3) is 5.92 Å². The van der Waals surface area contributed by atoms with Crippen molar-refractivity contribution in [2.75, 3.05) is 0 Å². The standard InChI is InChI=1S/C18H18F3N3O/c1-16(20,21)17-8-18(9-17,10-17)24-15(25)23-13(5-6-14(23)22-24)11-3-2-4-12(19)7-11/h2-4,7,13H,5-6,8-10H2,1H3/t13-,17?,18?/m0/s1. The van der Waals surface area contributed by atoms with Crippen LogP contribution in [0.1, 0.15) is 50.0 Å². The van der Waals surface area contributed by atoms with Crippen molar-refractivity contribution in [3.05, 3.63) is 52.0 Å². The molecule has 7 heteroatoms. The van der Waals surface area contributed by atoms with Crippen molar-refractivity contribution in [2.24, 2.45) is 5.41 Å². The summed E-state index contributed by atoms with van der Waals surface area (Å²) in [5, 5.41) is 4.46. The maximum Gasteiger partial charge on any atom is 0.347 e. The van der Waals surface area contributed by atoms with Crippen LogP contribution in [0.4, 0.5) is 13.2 Å². The molecule has 1 aromatic carbocycles. The van der Waals surface area contributed by atoms with Gasteiger partial charge in [0, 0.05) is 11.8 Å². The Morgan fingerprint density at radius 2 is 2.00 bits per heavy atom. The van der Waals surface area contributed by atoms with E-state index in [4.69, 9.17) is 0 Å². The Balaban J connectivity index is 1.50. The van der Waals surface area contributed by atoms with Crippen molar-refractivity contribution < 1.29 is 13.2 Å². The Morgan fingerprint density at radius 1 is 1.28 bits per heavy atom. The summed E-state index contributed by atoms with van der Waals surface area (Å²) >= 11 is 0. The van der Waals surface area contributed by atoms with Gasteiger partial charge in [0.05, 0.1) is 11.6 Å². The molecule has 6 rings (SSSR count). The molecule has 1 aromatic heterocycles. The third-order valence-corrected chi connectivity index (χ3v) is 6.45. The molecule has 2 heterocycles. The molecular weight excluding hydrogens is 331 g/mol. The first-order chi connectivity index (χ1) is 11.7. The van der Waals surface area contributed by atoms with Crippen molar-refractivity contribution in [3.63, 3.8) is 0 Å². The van der Waals surface area contributed by atoms with Gasteiger partial charge in [0.2, 0.25) is 0 Å². The van der Waals surface area contributed by atoms with Crippen molar-refractivity contribution in [1.82, 2.24) is 14.3 Å². The molecule has 4 nitrogen and oxygen atoms in total. The van der Waals surface area contributed by atoms with E-state index in [1.165, 1.54) is 16.8 Å². The van der Waals surface area contributed by atoms with Crippen molar-refractivity contribution in [3.8, 4) is 0 Å². The van der Waals surface area contributed by atoms with Gasteiger partial charge in [-0.25, -0.2) is 22.6 Å². The number of benzene rings is 1. The molecule has 0 saturated heterocycles. The van der Waals surface area contributed by atoms with Crippen molar-refractivity contribution in [1.29, 1.82) is 0 Å². The second-order valence-corrected chi connectivity index (χ2v) is 8.01. The maximum atomic E-state index is 13.7. The summed E-state index contributed by atoms with van der Waals surface area (Å²) in [4.78, 5) is 12.9. The van der Waals surface area contributed by atoms with Crippen molar-refractivity contribution >= 4 is 0 Å². The lowest BCUT2D eigenvalue weighted by Crippen LogP contribution is -2.74. The molecule has 132 valence electrons. The number of halogens is 3. The molecule has 4 aliphatic rings. The van der Waals surface area contributed by atoms with Gasteiger partial charge in [-0.05, 0) is 50.3 Å². The number of nitrogens with zero attached hydrogens (tertiary/aromatic N) is 3. The molecule has 0 N–H and O–H groups in total. The Kier molecular flexibility index (Phi) is 2.66. The van der Waals surface area contributed by atoms with E-state index in [1.807, 2.05) is 0 Å². The first kappa shape index (κ1) is 15.2. The lowest BCUT2D eigenvalue weighted by molar-refractivity contribution is -0.301. The van der Waals surface area contributed by atoms with Crippen LogP contribution in [0, 0.1) is 11.2 Å². The van der Waals surface area contributed by atoms with Crippen LogP contribution < -0.4 is 5.69 Å². The van der Waals surface area contributed by atoms with Gasteiger partial charge in [-0.3, -0.25) is 4.57 Å². The molecule has 2 aromatic rings. The topological polar surface area (TPSA) is 39.8 Å². The Bertz CT molecular complexity index is 920. The first-order valence-corrected chi connectivity index (χ1v) is 8.59. The maximum absolute atomic E-state index is 13.7. The normalized spacial score (nSPS) is 32.9. The van der Waals surface area contributed by atoms with Crippen LogP contribution in [-0.2, 0) is 12.0 Å². The second-order valence-electron chi connectivity index (χ2n) is 8.01. The summed E-state index contributed by atoms with van der Waals surface area (Å²) in [7, 11) is 0. The zero-order valence-corrected chi connectivity index (χ0v) is 13.8. The van der Waals surface area contributed by atoms with Gasteiger partial charge in [0.15, 0.2) is 0 Å². The molecule has 1 atom stereocenters. The van der Waals surface area contributed by atoms with E-state index >= 15 is 0 Å². The average Bonchev–Trinajstić information content (AvgIpc) is 2.96. The quantitative estimate of drug-likeness (QED) is 0.853. The van der Waals surface area contributed by atoms with Crippen LogP contribution in [0.3, 0.4) is 0 Å². The molecule has 0 unspecified atom stereocenters. The van der Waals surface area contributed by atoms with Gasteiger partial charge in [0.1, 0.15) is 11.6 Å². The van der Waals surface area contributed by atoms with Crippen LogP contribution in [0.5, 0.6) is 0 Å². The zero-order chi connectivity index (χ0) is 17.6. The smallest absolute Gasteiger partial charge is 0.271 e. The highest BCUT2D eigenvalue weighted by molar-refractivity contribution is 5.27. The molecule has 0 amide bonds. The zero-order valence-electron chi connectivity index (χ0n) is 13.8. The molecule has 3 aliphatic carbocycles. The Hall–Kier alpha value is -2.05. The highest BCUT2D eigenvalue weighted by Crippen LogP contribution is 2.76. The average molecular weight is 349 g/mol. The predicted octanol–water partition coefficient (Wildman–Crippen LogP) is 3.25. The van der Waals surface area contributed by atoms with Crippen LogP contribution in [0.15, 0.2) is 29.1 Å². The third kappa shape index (κ3) is 1.79. The Morgan fingerprint density at radius 3 is 2.64 bits per heavy atom. The SMILES string of the molecule is CC(F)(F)C12CC(n3nc4n(c3=O)[C@H](c3cccc(F)c3)CC4)(C1)C2. The number of alkyl halides is 2. The van der Waals surface area contributed by atoms with Crippen LogP contribution >= 0.6 is 0 Å². The molecule has 2 bridgehead atoms. The number of aryl methyl sites for hydroxylation is 1. The lowest BCUT2D eigenvalue weighted by atomic mass is 9.37. The first-order valence-electron chi connectivity index (χ1n) is 8.59. The summed E-state index contributed by atoms with van der Waals surface area (Å²) in [6.45, 7) is 0.964.